The smallest absolute Gasteiger partial charge is 0.255 e. The van der Waals surface area contributed by atoms with E-state index in [9.17, 15) is 8.42 Å². The third-order valence-corrected chi connectivity index (χ3v) is 33.1. The van der Waals surface area contributed by atoms with Crippen LogP contribution in [-0.4, -0.2) is 55.5 Å². The van der Waals surface area contributed by atoms with Crippen molar-refractivity contribution in [1.29, 1.82) is 0 Å². The van der Waals surface area contributed by atoms with E-state index >= 15 is 0 Å². The number of ether oxygens (including phenoxy) is 2. The van der Waals surface area contributed by atoms with Gasteiger partial charge in [0.25, 0.3) is 20.1 Å². The predicted octanol–water partition coefficient (Wildman–Crippen LogP) is 21.5. The maximum Gasteiger partial charge on any atom is 0.255 e. The Morgan fingerprint density at radius 1 is 0.291 bits per heavy atom. The average molecular weight is 1740 g/mol. The molecule has 15 heterocycles. The van der Waals surface area contributed by atoms with E-state index in [2.05, 4.69) is 362 Å². The summed E-state index contributed by atoms with van der Waals surface area (Å²) < 4.78 is 59.3. The number of anilines is 9. The number of aryl methyl sites for hydroxylation is 8. The number of nitrogens with zero attached hydrogens (tertiary/aromatic N) is 9. The Hall–Kier alpha value is -16.1. The van der Waals surface area contributed by atoms with Crippen LogP contribution in [-0.2, 0) is 29.1 Å². The molecule has 0 bridgehead atoms. The second-order valence-electron chi connectivity index (χ2n) is 39.1. The number of para-hydroxylation sites is 12. The normalized spacial score (nSPS) is 14.4. The standard InChI is InChI=1S/C117H76B3N9O4S/c1-62-42-63(2)45-74(44-62)73-39-41-83-77(60-73)107-116-125(83)84-23-7-9-25-86(84)128(116)97-57-71(56-96-110(97)119(107)79-21-18-33-102-114(79)123(96)89-28-12-15-31-100(89)133-102)52-70-54-81-112-98(58-70)121-82-40-38-72(59-76(82)61-105(121)129(112)95-50-66(5)47-92-108(95)118(81)78-20-17-32-101-113(78)122(92)88-27-11-14-30-99(88)132-101)75-46-64(3)43-68(53-75)36-37-69-51-67(6)106-91(55-69)126-85-24-8-10-26-87(85)127-94-49-65(4)48-93-109(94)120(111(106)117(126)127)80-22-19-35-104-115(80)124(93)90-29-13-16-34-103(90)134(104,130)131/h7-35,38-51,53-61H,36-37,52H2,1-6H3. The average Bonchev–Trinajstić information content (AvgIpc) is 1.45. The summed E-state index contributed by atoms with van der Waals surface area (Å²) in [6.07, 6.45) is 2.30. The quantitative estimate of drug-likeness (QED) is 0.147. The van der Waals surface area contributed by atoms with Gasteiger partial charge in [0.2, 0.25) is 9.84 Å². The Bertz CT molecular complexity index is 9740. The highest BCUT2D eigenvalue weighted by Crippen LogP contribution is 2.57. The van der Waals surface area contributed by atoms with Crippen LogP contribution in [0.2, 0.25) is 0 Å². The van der Waals surface area contributed by atoms with Crippen LogP contribution in [0.25, 0.3) is 122 Å². The zero-order valence-corrected chi connectivity index (χ0v) is 74.8. The molecule has 0 aliphatic carbocycles. The summed E-state index contributed by atoms with van der Waals surface area (Å²) in [7, 11) is -3.85. The second kappa shape index (κ2) is 24.9. The minimum atomic E-state index is -3.85. The molecule has 9 aliphatic rings. The molecule has 0 fully saturated rings. The lowest BCUT2D eigenvalue weighted by Crippen LogP contribution is -2.61. The van der Waals surface area contributed by atoms with Gasteiger partial charge in [-0.15, -0.1) is 0 Å². The van der Waals surface area contributed by atoms with Crippen LogP contribution in [0.1, 0.15) is 55.6 Å². The number of hydrogen-bond acceptors (Lipinski definition) is 7. The summed E-state index contributed by atoms with van der Waals surface area (Å²) in [6.45, 7) is 12.9. The molecule has 0 saturated heterocycles. The van der Waals surface area contributed by atoms with Crippen LogP contribution in [0.15, 0.2) is 325 Å². The molecular weight excluding hydrogens is 1660 g/mol. The maximum absolute atomic E-state index is 14.9. The summed E-state index contributed by atoms with van der Waals surface area (Å²) in [5, 5.41) is 3.64. The van der Waals surface area contributed by atoms with Crippen LogP contribution >= 0.6 is 0 Å². The van der Waals surface area contributed by atoms with E-state index in [1.54, 1.807) is 6.07 Å². The Kier molecular flexibility index (Phi) is 13.5. The van der Waals surface area contributed by atoms with E-state index in [-0.39, 0.29) is 20.1 Å². The molecule has 0 amide bonds. The van der Waals surface area contributed by atoms with Crippen molar-refractivity contribution >= 4 is 213 Å². The SMILES string of the molecule is Cc1cc(C)cc(-c2ccc3c(c2)c2c4n(c5ccccc5n34)-c3cc(Cc4cc5c6c(c4)n4c7ccc(-c8cc(C)cc(CCc9cc(C)c%10c%11c%12n(c%13ccccc%13n%12c%10c9)-c9cc(C)cc%10c9B%11c9cccc%11c9N%10c9ccccc9S%11(=O)=O)c8)cc7cc4n6-c4cc(C)cc6c4B5c4cccc5c4N6c4ccccc4O5)cc4c3B2c2cccc3c2N4c2ccccc2O3)c1. The topological polar surface area (TPSA) is 90.3 Å². The van der Waals surface area contributed by atoms with Crippen LogP contribution in [0.3, 0.4) is 0 Å². The number of imidazole rings is 3. The molecule has 23 aromatic rings. The van der Waals surface area contributed by atoms with Gasteiger partial charge in [0, 0.05) is 44.9 Å². The fourth-order valence-corrected chi connectivity index (χ4v) is 28.2. The Labute approximate surface area is 771 Å². The summed E-state index contributed by atoms with van der Waals surface area (Å²) in [4.78, 5) is 7.98. The number of sulfone groups is 1. The van der Waals surface area contributed by atoms with E-state index in [1.807, 2.05) is 30.3 Å². The summed E-state index contributed by atoms with van der Waals surface area (Å²) >= 11 is 0. The van der Waals surface area contributed by atoms with Gasteiger partial charge in [0.15, 0.2) is 23.0 Å². The molecule has 628 valence electrons. The minimum absolute atomic E-state index is 0.141. The predicted molar refractivity (Wildman–Crippen MR) is 548 cm³/mol. The lowest BCUT2D eigenvalue weighted by Gasteiger charge is -2.43. The van der Waals surface area contributed by atoms with Gasteiger partial charge in [-0.1, -0.05) is 174 Å². The molecule has 0 N–H and O–H groups in total. The molecule has 6 aromatic heterocycles. The zero-order chi connectivity index (χ0) is 88.1. The fourth-order valence-electron chi connectivity index (χ4n) is 26.6. The molecular formula is C117H76B3N9O4S. The number of rotatable bonds is 7. The van der Waals surface area contributed by atoms with Crippen molar-refractivity contribution in [3.05, 3.63) is 371 Å². The van der Waals surface area contributed by atoms with E-state index < -0.39 is 9.84 Å². The molecule has 9 aliphatic heterocycles. The molecule has 13 nitrogen and oxygen atoms in total. The van der Waals surface area contributed by atoms with Crippen LogP contribution in [0.5, 0.6) is 23.0 Å². The Balaban J connectivity index is 0.557. The first-order valence-electron chi connectivity index (χ1n) is 46.8. The highest BCUT2D eigenvalue weighted by Gasteiger charge is 2.52. The van der Waals surface area contributed by atoms with Crippen LogP contribution in [0.4, 0.5) is 51.2 Å². The third kappa shape index (κ3) is 9.02. The largest absolute Gasteiger partial charge is 0.453 e. The van der Waals surface area contributed by atoms with Gasteiger partial charge in [0.1, 0.15) is 16.9 Å². The van der Waals surface area contributed by atoms with E-state index in [0.29, 0.717) is 21.9 Å². The minimum Gasteiger partial charge on any atom is -0.453 e. The van der Waals surface area contributed by atoms with Gasteiger partial charge >= 0.3 is 0 Å². The summed E-state index contributed by atoms with van der Waals surface area (Å²) in [5.41, 5.74) is 54.6. The van der Waals surface area contributed by atoms with Gasteiger partial charge in [-0.25, -0.2) is 8.42 Å². The van der Waals surface area contributed by atoms with E-state index in [1.165, 1.54) is 188 Å². The summed E-state index contributed by atoms with van der Waals surface area (Å²) in [5.74, 6) is 3.39. The van der Waals surface area contributed by atoms with Crippen molar-refractivity contribution in [3.8, 4) is 62.3 Å². The first-order valence-corrected chi connectivity index (χ1v) is 48.3. The molecule has 17 aromatic carbocycles. The van der Waals surface area contributed by atoms with Gasteiger partial charge < -0.3 is 24.2 Å². The van der Waals surface area contributed by atoms with Crippen molar-refractivity contribution in [1.82, 2.24) is 26.9 Å². The highest BCUT2D eigenvalue weighted by molar-refractivity contribution is 7.92. The first-order chi connectivity index (χ1) is 65.7. The van der Waals surface area contributed by atoms with Gasteiger partial charge in [-0.05, 0) is 334 Å². The molecule has 0 atom stereocenters. The molecule has 0 radical (unpaired) electrons. The van der Waals surface area contributed by atoms with Crippen molar-refractivity contribution in [2.75, 3.05) is 14.7 Å². The lowest BCUT2D eigenvalue weighted by molar-refractivity contribution is 0.477. The first kappa shape index (κ1) is 72.7. The van der Waals surface area contributed by atoms with Gasteiger partial charge in [-0.2, -0.15) is 0 Å². The van der Waals surface area contributed by atoms with Crippen LogP contribution < -0.4 is 73.3 Å². The fraction of sp³-hybridized carbons (Fsp3) is 0.0769. The van der Waals surface area contributed by atoms with Gasteiger partial charge in [0.05, 0.1) is 93.6 Å². The molecule has 0 spiro atoms. The molecule has 0 unspecified atom stereocenters. The molecule has 0 saturated carbocycles. The van der Waals surface area contributed by atoms with Crippen molar-refractivity contribution in [2.24, 2.45) is 0 Å². The second-order valence-corrected chi connectivity index (χ2v) is 41.0. The third-order valence-electron chi connectivity index (χ3n) is 31.2. The van der Waals surface area contributed by atoms with E-state index in [4.69, 9.17) is 9.47 Å². The highest BCUT2D eigenvalue weighted by atomic mass is 32.2. The zero-order valence-electron chi connectivity index (χ0n) is 73.9. The van der Waals surface area contributed by atoms with Crippen molar-refractivity contribution < 1.29 is 17.9 Å². The Morgan fingerprint density at radius 3 is 1.47 bits per heavy atom. The number of hydrogen-bond donors (Lipinski definition) is 0. The monoisotopic (exact) mass is 1740 g/mol. The Morgan fingerprint density at radius 2 is 0.776 bits per heavy atom. The van der Waals surface area contributed by atoms with Crippen LogP contribution in [0, 0.1) is 41.5 Å². The van der Waals surface area contributed by atoms with Crippen molar-refractivity contribution in [3.63, 3.8) is 0 Å². The maximum atomic E-state index is 14.9. The lowest BCUT2D eigenvalue weighted by atomic mass is 9.33. The molecule has 17 heteroatoms. The van der Waals surface area contributed by atoms with Crippen molar-refractivity contribution in [2.45, 2.75) is 70.6 Å². The number of aromatic nitrogens is 6. The van der Waals surface area contributed by atoms with Gasteiger partial charge in [-0.3, -0.25) is 26.9 Å². The molecule has 32 rings (SSSR count). The number of benzene rings is 17. The van der Waals surface area contributed by atoms with E-state index in [0.717, 1.165) is 120 Å². The molecule has 134 heavy (non-hydrogen) atoms. The summed E-state index contributed by atoms with van der Waals surface area (Å²) in [6, 6.07) is 118. The number of fused-ring (bicyclic) bond motifs is 35.